The zero-order valence-corrected chi connectivity index (χ0v) is 10.6. The number of carboxylic acids is 1. The smallest absolute Gasteiger partial charge is 0.303 e. The highest BCUT2D eigenvalue weighted by Crippen LogP contribution is 2.04. The third-order valence-corrected chi connectivity index (χ3v) is 4.04. The minimum atomic E-state index is -3.52. The number of aliphatic hydroxyl groups excluding tert-OH is 1. The first-order valence-corrected chi connectivity index (χ1v) is 6.84. The maximum absolute atomic E-state index is 11.8. The second-order valence-electron chi connectivity index (χ2n) is 3.43. The molecule has 0 amide bonds. The van der Waals surface area contributed by atoms with E-state index in [1.54, 1.807) is 0 Å². The summed E-state index contributed by atoms with van der Waals surface area (Å²) in [5.41, 5.74) is 0. The molecule has 0 aromatic heterocycles. The number of aliphatic carboxylic acids is 1. The minimum Gasteiger partial charge on any atom is -0.481 e. The number of nitrogens with zero attached hydrogens (tertiary/aromatic N) is 1. The first kappa shape index (κ1) is 16.3. The van der Waals surface area contributed by atoms with Gasteiger partial charge in [-0.2, -0.15) is 4.31 Å². The molecule has 0 aliphatic heterocycles. The van der Waals surface area contributed by atoms with Gasteiger partial charge < -0.3 is 14.9 Å². The van der Waals surface area contributed by atoms with Gasteiger partial charge in [-0.1, -0.05) is 0 Å². The molecule has 0 aliphatic carbocycles. The van der Waals surface area contributed by atoms with Crippen molar-refractivity contribution in [3.05, 3.63) is 0 Å². The third-order valence-electron chi connectivity index (χ3n) is 2.08. The van der Waals surface area contributed by atoms with Crippen molar-refractivity contribution in [2.24, 2.45) is 0 Å². The fraction of sp³-hybridized carbons (Fsp3) is 0.889. The molecule has 0 rings (SSSR count). The number of ether oxygens (including phenoxy) is 1. The van der Waals surface area contributed by atoms with Crippen LogP contribution in [0.1, 0.15) is 12.8 Å². The van der Waals surface area contributed by atoms with E-state index in [4.69, 9.17) is 14.9 Å². The summed E-state index contributed by atoms with van der Waals surface area (Å²) >= 11 is 0. The first-order valence-electron chi connectivity index (χ1n) is 5.23. The van der Waals surface area contributed by atoms with Crippen LogP contribution in [-0.2, 0) is 19.6 Å². The van der Waals surface area contributed by atoms with Crippen LogP contribution < -0.4 is 0 Å². The number of carboxylic acid groups (broad SMARTS) is 1. The van der Waals surface area contributed by atoms with Crippen LogP contribution in [-0.4, -0.2) is 68.1 Å². The van der Waals surface area contributed by atoms with Gasteiger partial charge in [-0.25, -0.2) is 8.42 Å². The topological polar surface area (TPSA) is 104 Å². The van der Waals surface area contributed by atoms with E-state index in [0.29, 0.717) is 0 Å². The summed E-state index contributed by atoms with van der Waals surface area (Å²) in [7, 11) is -2.07. The molecule has 0 saturated carbocycles. The van der Waals surface area contributed by atoms with Crippen molar-refractivity contribution >= 4 is 16.0 Å². The summed E-state index contributed by atoms with van der Waals surface area (Å²) in [6, 6.07) is 0. The monoisotopic (exact) mass is 269 g/mol. The van der Waals surface area contributed by atoms with E-state index >= 15 is 0 Å². The van der Waals surface area contributed by atoms with Crippen LogP contribution in [0.25, 0.3) is 0 Å². The predicted molar refractivity (Wildman–Crippen MR) is 61.2 cm³/mol. The molecular weight excluding hydrogens is 250 g/mol. The summed E-state index contributed by atoms with van der Waals surface area (Å²) in [4.78, 5) is 10.3. The zero-order valence-electron chi connectivity index (χ0n) is 9.83. The number of methoxy groups -OCH3 is 1. The number of aliphatic hydroxyl groups is 1. The molecule has 0 spiro atoms. The lowest BCUT2D eigenvalue weighted by Gasteiger charge is -2.20. The molecule has 0 bridgehead atoms. The van der Waals surface area contributed by atoms with E-state index in [-0.39, 0.29) is 44.9 Å². The van der Waals surface area contributed by atoms with Crippen LogP contribution in [0.4, 0.5) is 0 Å². The highest BCUT2D eigenvalue weighted by atomic mass is 32.2. The molecular formula is C9H19NO6S. The normalized spacial score (nSPS) is 11.9. The van der Waals surface area contributed by atoms with Crippen LogP contribution in [0.5, 0.6) is 0 Å². The molecule has 0 radical (unpaired) electrons. The van der Waals surface area contributed by atoms with Gasteiger partial charge in [-0.05, 0) is 6.42 Å². The molecule has 0 aliphatic rings. The van der Waals surface area contributed by atoms with E-state index in [2.05, 4.69) is 0 Å². The van der Waals surface area contributed by atoms with E-state index in [1.807, 2.05) is 0 Å². The van der Waals surface area contributed by atoms with Gasteiger partial charge in [0.2, 0.25) is 10.0 Å². The quantitative estimate of drug-likeness (QED) is 0.534. The van der Waals surface area contributed by atoms with Crippen LogP contribution in [0.2, 0.25) is 0 Å². The van der Waals surface area contributed by atoms with Crippen LogP contribution in [0.15, 0.2) is 0 Å². The molecule has 0 heterocycles. The van der Waals surface area contributed by atoms with Crippen LogP contribution in [0, 0.1) is 0 Å². The second kappa shape index (κ2) is 8.40. The van der Waals surface area contributed by atoms with Gasteiger partial charge in [0.15, 0.2) is 0 Å². The highest BCUT2D eigenvalue weighted by molar-refractivity contribution is 7.89. The molecule has 0 saturated heterocycles. The molecule has 0 unspecified atom stereocenters. The summed E-state index contributed by atoms with van der Waals surface area (Å²) < 4.78 is 29.4. The zero-order chi connectivity index (χ0) is 13.3. The molecule has 17 heavy (non-hydrogen) atoms. The molecule has 0 aromatic rings. The maximum atomic E-state index is 11.8. The fourth-order valence-electron chi connectivity index (χ4n) is 1.23. The van der Waals surface area contributed by atoms with Crippen molar-refractivity contribution in [3.63, 3.8) is 0 Å². The van der Waals surface area contributed by atoms with Gasteiger partial charge in [0.25, 0.3) is 0 Å². The number of carbonyl (C=O) groups is 1. The summed E-state index contributed by atoms with van der Waals surface area (Å²) in [5.74, 6) is -1.26. The van der Waals surface area contributed by atoms with Gasteiger partial charge >= 0.3 is 5.97 Å². The molecule has 102 valence electrons. The fourth-order valence-corrected chi connectivity index (χ4v) is 2.71. The van der Waals surface area contributed by atoms with Crippen LogP contribution >= 0.6 is 0 Å². The summed E-state index contributed by atoms with van der Waals surface area (Å²) in [5, 5.41) is 17.2. The van der Waals surface area contributed by atoms with Crippen LogP contribution in [0.3, 0.4) is 0 Å². The molecule has 2 N–H and O–H groups in total. The van der Waals surface area contributed by atoms with E-state index in [1.165, 1.54) is 7.11 Å². The number of hydrogen-bond donors (Lipinski definition) is 2. The Morgan fingerprint density at radius 3 is 2.47 bits per heavy atom. The molecule has 7 nitrogen and oxygen atoms in total. The van der Waals surface area contributed by atoms with Crippen molar-refractivity contribution in [1.29, 1.82) is 0 Å². The average Bonchev–Trinajstić information content (AvgIpc) is 2.23. The Morgan fingerprint density at radius 2 is 2.00 bits per heavy atom. The molecule has 8 heteroatoms. The Bertz CT molecular complexity index is 315. The Morgan fingerprint density at radius 1 is 1.35 bits per heavy atom. The van der Waals surface area contributed by atoms with Crippen molar-refractivity contribution < 1.29 is 28.2 Å². The Hall–Kier alpha value is -0.700. The van der Waals surface area contributed by atoms with Crippen molar-refractivity contribution in [2.75, 3.05) is 39.2 Å². The van der Waals surface area contributed by atoms with Gasteiger partial charge in [0.05, 0.1) is 19.0 Å². The largest absolute Gasteiger partial charge is 0.481 e. The molecule has 0 aromatic carbocycles. The van der Waals surface area contributed by atoms with E-state index in [0.717, 1.165) is 4.31 Å². The van der Waals surface area contributed by atoms with Gasteiger partial charge in [0.1, 0.15) is 0 Å². The number of sulfonamides is 1. The highest BCUT2D eigenvalue weighted by Gasteiger charge is 2.21. The van der Waals surface area contributed by atoms with Gasteiger partial charge in [-0.3, -0.25) is 4.79 Å². The van der Waals surface area contributed by atoms with Gasteiger partial charge in [-0.15, -0.1) is 0 Å². The lowest BCUT2D eigenvalue weighted by Crippen LogP contribution is -2.37. The third kappa shape index (κ3) is 7.27. The van der Waals surface area contributed by atoms with E-state index in [9.17, 15) is 13.2 Å². The van der Waals surface area contributed by atoms with E-state index < -0.39 is 16.0 Å². The Labute approximate surface area is 101 Å². The standard InChI is InChI=1S/C9H19NO6S/c1-16-7-5-10(4-6-11)17(14,15)8-2-3-9(12)13/h11H,2-8H2,1H3,(H,12,13). The minimum absolute atomic E-state index is 0.00123. The average molecular weight is 269 g/mol. The lowest BCUT2D eigenvalue weighted by atomic mass is 10.3. The predicted octanol–water partition coefficient (Wildman–Crippen LogP) is -0.878. The molecule has 0 fully saturated rings. The lowest BCUT2D eigenvalue weighted by molar-refractivity contribution is -0.137. The second-order valence-corrected chi connectivity index (χ2v) is 5.52. The summed E-state index contributed by atoms with van der Waals surface area (Å²) in [6.07, 6.45) is -0.122. The van der Waals surface area contributed by atoms with Gasteiger partial charge in [0, 0.05) is 26.6 Å². The molecule has 0 atom stereocenters. The Balaban J connectivity index is 4.32. The maximum Gasteiger partial charge on any atom is 0.303 e. The van der Waals surface area contributed by atoms with Crippen molar-refractivity contribution in [3.8, 4) is 0 Å². The SMILES string of the molecule is COCCN(CCO)S(=O)(=O)CCCC(=O)O. The Kier molecular flexibility index (Phi) is 8.05. The summed E-state index contributed by atoms with van der Waals surface area (Å²) in [6.45, 7) is 0.116. The van der Waals surface area contributed by atoms with Crippen molar-refractivity contribution in [1.82, 2.24) is 4.31 Å². The van der Waals surface area contributed by atoms with Crippen molar-refractivity contribution in [2.45, 2.75) is 12.8 Å². The number of hydrogen-bond acceptors (Lipinski definition) is 5. The first-order chi connectivity index (χ1) is 7.94. The number of rotatable bonds is 10.